The van der Waals surface area contributed by atoms with Gasteiger partial charge >= 0.3 is 0 Å². The molecule has 4 aromatic rings. The van der Waals surface area contributed by atoms with Crippen molar-refractivity contribution < 1.29 is 4.79 Å². The summed E-state index contributed by atoms with van der Waals surface area (Å²) in [5.41, 5.74) is 3.16. The fourth-order valence-electron chi connectivity index (χ4n) is 3.18. The minimum atomic E-state index is -0.0487. The van der Waals surface area contributed by atoms with Crippen LogP contribution in [0.2, 0.25) is 0 Å². The number of nitrogens with one attached hydrogen (secondary N) is 1. The number of rotatable bonds is 7. The largest absolute Gasteiger partial charge is 0.325 e. The van der Waals surface area contributed by atoms with Crippen LogP contribution in [0.25, 0.3) is 21.5 Å². The Morgan fingerprint density at radius 1 is 1.10 bits per heavy atom. The maximum absolute atomic E-state index is 12.4. The maximum Gasteiger partial charge on any atom is 0.234 e. The molecule has 0 aliphatic rings. The van der Waals surface area contributed by atoms with Crippen LogP contribution in [-0.4, -0.2) is 26.4 Å². The molecule has 0 saturated carbocycles. The van der Waals surface area contributed by atoms with Crippen LogP contribution in [-0.2, 0) is 17.8 Å². The van der Waals surface area contributed by atoms with Gasteiger partial charge in [0.05, 0.1) is 5.75 Å². The first-order chi connectivity index (χ1) is 14.2. The molecular formula is C22H22N4OS2. The Labute approximate surface area is 178 Å². The molecule has 0 unspecified atom stereocenters. The number of aromatic nitrogens is 3. The smallest absolute Gasteiger partial charge is 0.234 e. The first-order valence-corrected chi connectivity index (χ1v) is 11.5. The molecule has 1 amide bonds. The molecule has 0 aliphatic heterocycles. The lowest BCUT2D eigenvalue weighted by Gasteiger charge is -2.08. The van der Waals surface area contributed by atoms with Gasteiger partial charge in [0.2, 0.25) is 5.91 Å². The molecule has 0 saturated heterocycles. The van der Waals surface area contributed by atoms with Gasteiger partial charge in [-0.2, -0.15) is 0 Å². The van der Waals surface area contributed by atoms with Gasteiger partial charge < -0.3 is 9.88 Å². The minimum absolute atomic E-state index is 0.0487. The topological polar surface area (TPSA) is 59.8 Å². The number of carbonyl (C=O) groups is 1. The Morgan fingerprint density at radius 2 is 1.90 bits per heavy atom. The summed E-state index contributed by atoms with van der Waals surface area (Å²) in [7, 11) is 0. The Morgan fingerprint density at radius 3 is 2.66 bits per heavy atom. The van der Waals surface area contributed by atoms with Gasteiger partial charge in [0.15, 0.2) is 11.0 Å². The Balaban J connectivity index is 1.47. The van der Waals surface area contributed by atoms with Gasteiger partial charge in [0.25, 0.3) is 0 Å². The quantitative estimate of drug-likeness (QED) is 0.401. The van der Waals surface area contributed by atoms with Crippen LogP contribution in [0.15, 0.2) is 59.1 Å². The summed E-state index contributed by atoms with van der Waals surface area (Å²) in [5, 5.41) is 15.8. The van der Waals surface area contributed by atoms with Crippen LogP contribution < -0.4 is 5.32 Å². The second-order valence-electron chi connectivity index (χ2n) is 6.58. The number of fused-ring (bicyclic) bond motifs is 1. The fraction of sp³-hybridized carbons (Fsp3) is 0.227. The molecule has 0 spiro atoms. The third-order valence-corrected chi connectivity index (χ3v) is 6.66. The van der Waals surface area contributed by atoms with Crippen LogP contribution in [0.4, 0.5) is 5.69 Å². The summed E-state index contributed by atoms with van der Waals surface area (Å²) in [6.45, 7) is 4.93. The van der Waals surface area contributed by atoms with Crippen LogP contribution >= 0.6 is 23.1 Å². The highest BCUT2D eigenvalue weighted by Gasteiger charge is 2.17. The lowest BCUT2D eigenvalue weighted by molar-refractivity contribution is -0.113. The molecule has 0 atom stereocenters. The summed E-state index contributed by atoms with van der Waals surface area (Å²) >= 11 is 3.12. The van der Waals surface area contributed by atoms with E-state index < -0.39 is 0 Å². The first-order valence-electron chi connectivity index (χ1n) is 9.61. The second kappa shape index (κ2) is 8.80. The predicted octanol–water partition coefficient (Wildman–Crippen LogP) is 5.47. The zero-order valence-corrected chi connectivity index (χ0v) is 18.0. The van der Waals surface area contributed by atoms with Gasteiger partial charge in [-0.3, -0.25) is 4.79 Å². The molecule has 2 aromatic carbocycles. The summed E-state index contributed by atoms with van der Waals surface area (Å²) in [4.78, 5) is 12.4. The SMILES string of the molecule is CCc1ccc(NC(=O)CSc2nnc(-c3csc4ccccc34)n2CC)cc1. The number of thioether (sulfide) groups is 1. The standard InChI is InChI=1S/C22H22N4OS2/c1-3-15-9-11-16(12-10-15)23-20(27)14-29-22-25-24-21(26(22)4-2)18-13-28-19-8-6-5-7-17(18)19/h5-13H,3-4,14H2,1-2H3,(H,23,27). The lowest BCUT2D eigenvalue weighted by atomic mass is 10.1. The van der Waals surface area contributed by atoms with Gasteiger partial charge in [-0.15, -0.1) is 21.5 Å². The Bertz CT molecular complexity index is 1130. The van der Waals surface area contributed by atoms with Crippen LogP contribution in [0.5, 0.6) is 0 Å². The van der Waals surface area contributed by atoms with Crippen molar-refractivity contribution in [1.82, 2.24) is 14.8 Å². The molecule has 2 heterocycles. The Kier molecular flexibility index (Phi) is 5.97. The number of aryl methyl sites for hydroxylation is 1. The zero-order chi connectivity index (χ0) is 20.2. The molecule has 2 aromatic heterocycles. The second-order valence-corrected chi connectivity index (χ2v) is 8.44. The maximum atomic E-state index is 12.4. The van der Waals surface area contributed by atoms with E-state index in [4.69, 9.17) is 0 Å². The van der Waals surface area contributed by atoms with E-state index in [0.717, 1.165) is 35.2 Å². The van der Waals surface area contributed by atoms with Crippen molar-refractivity contribution in [1.29, 1.82) is 0 Å². The van der Waals surface area contributed by atoms with Gasteiger partial charge in [0, 0.05) is 33.3 Å². The minimum Gasteiger partial charge on any atom is -0.325 e. The fourth-order valence-corrected chi connectivity index (χ4v) is 4.92. The summed E-state index contributed by atoms with van der Waals surface area (Å²) in [5.74, 6) is 1.09. The number of anilines is 1. The van der Waals surface area contributed by atoms with Crippen molar-refractivity contribution in [3.8, 4) is 11.4 Å². The third-order valence-electron chi connectivity index (χ3n) is 4.73. The number of carbonyl (C=O) groups excluding carboxylic acids is 1. The Hall–Kier alpha value is -2.64. The van der Waals surface area contributed by atoms with Crippen molar-refractivity contribution in [2.24, 2.45) is 0 Å². The van der Waals surface area contributed by atoms with Gasteiger partial charge in [-0.1, -0.05) is 49.0 Å². The van der Waals surface area contributed by atoms with Crippen LogP contribution in [0.3, 0.4) is 0 Å². The van der Waals surface area contributed by atoms with Gasteiger partial charge in [-0.05, 0) is 37.1 Å². The number of hydrogen-bond acceptors (Lipinski definition) is 5. The molecule has 148 valence electrons. The normalized spacial score (nSPS) is 11.1. The average Bonchev–Trinajstić information content (AvgIpc) is 3.36. The van der Waals surface area contributed by atoms with E-state index in [1.807, 2.05) is 36.4 Å². The van der Waals surface area contributed by atoms with Gasteiger partial charge in [-0.25, -0.2) is 0 Å². The first kappa shape index (κ1) is 19.7. The number of nitrogens with zero attached hydrogens (tertiary/aromatic N) is 3. The van der Waals surface area contributed by atoms with Crippen molar-refractivity contribution in [3.05, 3.63) is 59.5 Å². The van der Waals surface area contributed by atoms with E-state index in [-0.39, 0.29) is 11.7 Å². The van der Waals surface area contributed by atoms with Crippen LogP contribution in [0, 0.1) is 0 Å². The molecule has 0 radical (unpaired) electrons. The number of hydrogen-bond donors (Lipinski definition) is 1. The van der Waals surface area contributed by atoms with Crippen molar-refractivity contribution in [2.45, 2.75) is 32.0 Å². The average molecular weight is 423 g/mol. The number of amides is 1. The van der Waals surface area contributed by atoms with Crippen LogP contribution in [0.1, 0.15) is 19.4 Å². The molecule has 0 fully saturated rings. The summed E-state index contributed by atoms with van der Waals surface area (Å²) in [6.07, 6.45) is 0.985. The molecule has 7 heteroatoms. The summed E-state index contributed by atoms with van der Waals surface area (Å²) < 4.78 is 3.30. The third kappa shape index (κ3) is 4.21. The van der Waals surface area contributed by atoms with Gasteiger partial charge in [0.1, 0.15) is 0 Å². The highest BCUT2D eigenvalue weighted by Crippen LogP contribution is 2.34. The highest BCUT2D eigenvalue weighted by atomic mass is 32.2. The van der Waals surface area contributed by atoms with Crippen molar-refractivity contribution >= 4 is 44.8 Å². The molecule has 1 N–H and O–H groups in total. The molecule has 0 bridgehead atoms. The molecule has 0 aliphatic carbocycles. The molecular weight excluding hydrogens is 400 g/mol. The lowest BCUT2D eigenvalue weighted by Crippen LogP contribution is -2.14. The molecule has 4 rings (SSSR count). The van der Waals surface area contributed by atoms with E-state index in [2.05, 4.69) is 51.4 Å². The van der Waals surface area contributed by atoms with Crippen molar-refractivity contribution in [2.75, 3.05) is 11.1 Å². The monoisotopic (exact) mass is 422 g/mol. The molecule has 29 heavy (non-hydrogen) atoms. The van der Waals surface area contributed by atoms with E-state index in [0.29, 0.717) is 0 Å². The van der Waals surface area contributed by atoms with E-state index in [1.54, 1.807) is 11.3 Å². The van der Waals surface area contributed by atoms with Crippen molar-refractivity contribution in [3.63, 3.8) is 0 Å². The summed E-state index contributed by atoms with van der Waals surface area (Å²) in [6, 6.07) is 16.3. The van der Waals surface area contributed by atoms with E-state index in [1.165, 1.54) is 27.4 Å². The molecule has 5 nitrogen and oxygen atoms in total. The van der Waals surface area contributed by atoms with E-state index in [9.17, 15) is 4.79 Å². The zero-order valence-electron chi connectivity index (χ0n) is 16.4. The number of thiophene rings is 1. The van der Waals surface area contributed by atoms with E-state index >= 15 is 0 Å². The number of benzene rings is 2. The highest BCUT2D eigenvalue weighted by molar-refractivity contribution is 7.99. The predicted molar refractivity (Wildman–Crippen MR) is 122 cm³/mol.